The van der Waals surface area contributed by atoms with Crippen LogP contribution in [0.4, 0.5) is 10.1 Å². The van der Waals surface area contributed by atoms with Gasteiger partial charge in [-0.1, -0.05) is 35.9 Å². The van der Waals surface area contributed by atoms with Gasteiger partial charge in [0.05, 0.1) is 36.0 Å². The highest BCUT2D eigenvalue weighted by molar-refractivity contribution is 7.92. The maximum absolute atomic E-state index is 13.9. The monoisotopic (exact) mass is 505 g/mol. The lowest BCUT2D eigenvalue weighted by Crippen LogP contribution is -2.39. The summed E-state index contributed by atoms with van der Waals surface area (Å²) < 4.78 is 52.2. The highest BCUT2D eigenvalue weighted by Gasteiger charge is 2.29. The number of sulfonamides is 1. The van der Waals surface area contributed by atoms with E-state index in [-0.39, 0.29) is 26.9 Å². The summed E-state index contributed by atoms with van der Waals surface area (Å²) in [6.07, 6.45) is 1.04. The zero-order valence-corrected chi connectivity index (χ0v) is 19.8. The van der Waals surface area contributed by atoms with Gasteiger partial charge >= 0.3 is 0 Å². The second-order valence-electron chi connectivity index (χ2n) is 6.79. The molecule has 0 aliphatic carbocycles. The number of nitrogens with one attached hydrogen (secondary N) is 1. The van der Waals surface area contributed by atoms with E-state index in [9.17, 15) is 17.6 Å². The largest absolute Gasteiger partial charge is 0.497 e. The van der Waals surface area contributed by atoms with Gasteiger partial charge in [0.2, 0.25) is 0 Å². The number of ether oxygens (including phenoxy) is 2. The van der Waals surface area contributed by atoms with E-state index < -0.39 is 28.3 Å². The minimum Gasteiger partial charge on any atom is -0.497 e. The number of rotatable bonds is 9. The van der Waals surface area contributed by atoms with Crippen molar-refractivity contribution < 1.29 is 27.1 Å². The van der Waals surface area contributed by atoms with E-state index in [0.717, 1.165) is 10.5 Å². The van der Waals surface area contributed by atoms with E-state index in [1.807, 2.05) is 0 Å². The first kappa shape index (κ1) is 25.0. The van der Waals surface area contributed by atoms with Crippen LogP contribution in [-0.4, -0.2) is 41.3 Å². The van der Waals surface area contributed by atoms with Crippen LogP contribution < -0.4 is 19.2 Å². The lowest BCUT2D eigenvalue weighted by molar-refractivity contribution is -0.119. The minimum absolute atomic E-state index is 0.0185. The lowest BCUT2D eigenvalue weighted by atomic mass is 10.2. The average Bonchev–Trinajstić information content (AvgIpc) is 2.84. The van der Waals surface area contributed by atoms with Crippen LogP contribution in [-0.2, 0) is 14.8 Å². The van der Waals surface area contributed by atoms with Crippen LogP contribution >= 0.6 is 11.6 Å². The van der Waals surface area contributed by atoms with E-state index in [1.54, 1.807) is 24.3 Å². The van der Waals surface area contributed by atoms with Gasteiger partial charge in [0, 0.05) is 11.6 Å². The van der Waals surface area contributed by atoms with Crippen molar-refractivity contribution in [1.82, 2.24) is 5.43 Å². The van der Waals surface area contributed by atoms with Crippen LogP contribution in [0.15, 0.2) is 76.7 Å². The van der Waals surface area contributed by atoms with Crippen LogP contribution in [0, 0.1) is 5.82 Å². The normalized spacial score (nSPS) is 11.3. The number of hydrogen-bond donors (Lipinski definition) is 1. The summed E-state index contributed by atoms with van der Waals surface area (Å²) in [5.41, 5.74) is 2.30. The van der Waals surface area contributed by atoms with Gasteiger partial charge in [-0.05, 0) is 36.4 Å². The molecule has 0 saturated heterocycles. The first-order valence-corrected chi connectivity index (χ1v) is 11.7. The van der Waals surface area contributed by atoms with E-state index in [1.165, 1.54) is 56.7 Å². The molecule has 11 heteroatoms. The van der Waals surface area contributed by atoms with Gasteiger partial charge in [-0.3, -0.25) is 9.10 Å². The molecule has 0 radical (unpaired) electrons. The van der Waals surface area contributed by atoms with Gasteiger partial charge < -0.3 is 9.47 Å². The molecule has 0 atom stereocenters. The second kappa shape index (κ2) is 11.0. The molecule has 3 aromatic rings. The number of amides is 1. The number of nitrogens with zero attached hydrogens (tertiary/aromatic N) is 2. The molecule has 1 amide bonds. The van der Waals surface area contributed by atoms with Gasteiger partial charge in [0.1, 0.15) is 23.9 Å². The van der Waals surface area contributed by atoms with E-state index >= 15 is 0 Å². The Balaban J connectivity index is 1.93. The van der Waals surface area contributed by atoms with Gasteiger partial charge in [-0.25, -0.2) is 18.2 Å². The first-order valence-electron chi connectivity index (χ1n) is 9.83. The van der Waals surface area contributed by atoms with Crippen molar-refractivity contribution >= 4 is 39.4 Å². The van der Waals surface area contributed by atoms with Crippen LogP contribution in [0.3, 0.4) is 0 Å². The molecule has 0 fully saturated rings. The zero-order chi connectivity index (χ0) is 24.7. The Morgan fingerprint density at radius 3 is 2.47 bits per heavy atom. The molecule has 0 aliphatic rings. The van der Waals surface area contributed by atoms with Gasteiger partial charge in [0.25, 0.3) is 15.9 Å². The second-order valence-corrected chi connectivity index (χ2v) is 9.06. The number of hydrogen-bond acceptors (Lipinski definition) is 6. The molecule has 3 aromatic carbocycles. The summed E-state index contributed by atoms with van der Waals surface area (Å²) in [6, 6.07) is 16.2. The van der Waals surface area contributed by atoms with Gasteiger partial charge in [0.15, 0.2) is 0 Å². The molecular weight excluding hydrogens is 485 g/mol. The van der Waals surface area contributed by atoms with Crippen molar-refractivity contribution in [2.75, 3.05) is 25.1 Å². The fourth-order valence-corrected chi connectivity index (χ4v) is 4.64. The van der Waals surface area contributed by atoms with Crippen LogP contribution in [0.5, 0.6) is 11.5 Å². The molecule has 0 spiro atoms. The van der Waals surface area contributed by atoms with Gasteiger partial charge in [-0.15, -0.1) is 0 Å². The first-order chi connectivity index (χ1) is 16.3. The molecule has 0 unspecified atom stereocenters. The Morgan fingerprint density at radius 1 is 1.09 bits per heavy atom. The summed E-state index contributed by atoms with van der Waals surface area (Å²) in [5, 5.41) is 3.82. The molecule has 0 bridgehead atoms. The van der Waals surface area contributed by atoms with E-state index in [0.29, 0.717) is 5.75 Å². The summed E-state index contributed by atoms with van der Waals surface area (Å²) in [6.45, 7) is -0.637. The fourth-order valence-electron chi connectivity index (χ4n) is 2.98. The average molecular weight is 506 g/mol. The van der Waals surface area contributed by atoms with E-state index in [4.69, 9.17) is 21.1 Å². The van der Waals surface area contributed by atoms with Gasteiger partial charge in [-0.2, -0.15) is 5.10 Å². The zero-order valence-electron chi connectivity index (χ0n) is 18.2. The third-order valence-electron chi connectivity index (χ3n) is 4.66. The topological polar surface area (TPSA) is 97.3 Å². The predicted molar refractivity (Wildman–Crippen MR) is 128 cm³/mol. The maximum atomic E-state index is 13.9. The van der Waals surface area contributed by atoms with Crippen LogP contribution in [0.25, 0.3) is 0 Å². The van der Waals surface area contributed by atoms with E-state index in [2.05, 4.69) is 10.5 Å². The summed E-state index contributed by atoms with van der Waals surface area (Å²) in [7, 11) is -1.35. The lowest BCUT2D eigenvalue weighted by Gasteiger charge is -2.25. The molecule has 34 heavy (non-hydrogen) atoms. The molecule has 8 nitrogen and oxygen atoms in total. The smallest absolute Gasteiger partial charge is 0.264 e. The molecular formula is C23H21ClFN3O5S. The highest BCUT2D eigenvalue weighted by Crippen LogP contribution is 2.35. The van der Waals surface area contributed by atoms with Crippen molar-refractivity contribution in [2.45, 2.75) is 4.90 Å². The minimum atomic E-state index is -4.17. The molecule has 1 N–H and O–H groups in total. The highest BCUT2D eigenvalue weighted by atomic mass is 35.5. The third kappa shape index (κ3) is 5.64. The Kier molecular flexibility index (Phi) is 8.08. The Bertz CT molecular complexity index is 1280. The number of halogens is 2. The molecule has 0 saturated carbocycles. The number of carbonyl (C=O) groups excluding carboxylic acids is 1. The standard InChI is InChI=1S/C23H21ClFN3O5S/c1-32-16-11-12-21(22(13-16)33-2)28(34(30,31)17-7-4-3-5-8-17)15-23(29)27-26-14-18-19(24)9-6-10-20(18)25/h3-14H,15H2,1-2H3,(H,27,29)/b26-14-. The molecule has 0 aliphatic heterocycles. The van der Waals surface area contributed by atoms with Crippen LogP contribution in [0.2, 0.25) is 5.02 Å². The predicted octanol–water partition coefficient (Wildman–Crippen LogP) is 3.84. The summed E-state index contributed by atoms with van der Waals surface area (Å²) in [4.78, 5) is 12.6. The van der Waals surface area contributed by atoms with Crippen molar-refractivity contribution in [3.8, 4) is 11.5 Å². The van der Waals surface area contributed by atoms with Crippen molar-refractivity contribution in [3.63, 3.8) is 0 Å². The number of anilines is 1. The maximum Gasteiger partial charge on any atom is 0.264 e. The van der Waals surface area contributed by atoms with Crippen molar-refractivity contribution in [2.24, 2.45) is 5.10 Å². The molecule has 178 valence electrons. The third-order valence-corrected chi connectivity index (χ3v) is 6.76. The summed E-state index contributed by atoms with van der Waals surface area (Å²) >= 11 is 5.94. The number of carbonyl (C=O) groups is 1. The molecule has 0 aromatic heterocycles. The van der Waals surface area contributed by atoms with Crippen molar-refractivity contribution in [3.05, 3.63) is 83.1 Å². The molecule has 3 rings (SSSR count). The Morgan fingerprint density at radius 2 is 1.82 bits per heavy atom. The summed E-state index contributed by atoms with van der Waals surface area (Å²) in [5.74, 6) is -0.787. The fraction of sp³-hybridized carbons (Fsp3) is 0.130. The van der Waals surface area contributed by atoms with Crippen molar-refractivity contribution in [1.29, 1.82) is 0 Å². The Hall–Kier alpha value is -3.63. The van der Waals surface area contributed by atoms with Crippen LogP contribution in [0.1, 0.15) is 5.56 Å². The Labute approximate surface area is 201 Å². The molecule has 0 heterocycles. The quantitative estimate of drug-likeness (QED) is 0.352. The number of hydrazone groups is 1. The number of methoxy groups -OCH3 is 2. The SMILES string of the molecule is COc1ccc(N(CC(=O)N/N=C\c2c(F)cccc2Cl)S(=O)(=O)c2ccccc2)c(OC)c1. The number of benzene rings is 3.